The lowest BCUT2D eigenvalue weighted by atomic mass is 10.1. The minimum atomic E-state index is -0.422. The third kappa shape index (κ3) is 3.57. The second-order valence-corrected chi connectivity index (χ2v) is 4.31. The van der Waals surface area contributed by atoms with E-state index in [0.29, 0.717) is 0 Å². The van der Waals surface area contributed by atoms with E-state index in [1.165, 1.54) is 16.8 Å². The number of nitrogens with zero attached hydrogens (tertiary/aromatic N) is 4. The van der Waals surface area contributed by atoms with Crippen molar-refractivity contribution in [3.05, 3.63) is 58.2 Å². The zero-order valence-electron chi connectivity index (χ0n) is 11.7. The van der Waals surface area contributed by atoms with E-state index in [9.17, 15) is 10.1 Å². The van der Waals surface area contributed by atoms with Gasteiger partial charge in [0, 0.05) is 12.1 Å². The van der Waals surface area contributed by atoms with E-state index in [0.717, 1.165) is 23.5 Å². The number of imidazole rings is 1. The van der Waals surface area contributed by atoms with Crippen molar-refractivity contribution in [3.8, 4) is 0 Å². The standard InChI is InChI=1S/C13H16N5O2.ClH/c1-3-13-16(14)8-9-17(13)15-10(2)11-4-6-12(7-5-11)18(19)20;/h4-9H,3,14H2,1-2H3;1H/q+1;/p-1/b15-10+;. The number of nitro benzene ring substituents is 1. The molecular weight excluding hydrogens is 294 g/mol. The van der Waals surface area contributed by atoms with Crippen molar-refractivity contribution in [2.24, 2.45) is 5.10 Å². The Morgan fingerprint density at radius 3 is 2.57 bits per heavy atom. The van der Waals surface area contributed by atoms with E-state index in [-0.39, 0.29) is 18.1 Å². The first-order chi connectivity index (χ1) is 9.52. The normalized spacial score (nSPS) is 11.0. The van der Waals surface area contributed by atoms with Crippen molar-refractivity contribution in [2.75, 3.05) is 5.84 Å². The Morgan fingerprint density at radius 1 is 1.43 bits per heavy atom. The van der Waals surface area contributed by atoms with Crippen LogP contribution in [0.5, 0.6) is 0 Å². The van der Waals surface area contributed by atoms with E-state index < -0.39 is 4.92 Å². The molecule has 0 aliphatic carbocycles. The van der Waals surface area contributed by atoms with Gasteiger partial charge in [0.25, 0.3) is 5.69 Å². The van der Waals surface area contributed by atoms with Crippen LogP contribution in [0, 0.1) is 10.1 Å². The molecule has 1 aromatic heterocycles. The fourth-order valence-electron chi connectivity index (χ4n) is 1.90. The maximum absolute atomic E-state index is 10.6. The third-order valence-corrected chi connectivity index (χ3v) is 3.00. The maximum atomic E-state index is 10.6. The number of non-ortho nitro benzene ring substituents is 1. The van der Waals surface area contributed by atoms with Crippen LogP contribution in [0.25, 0.3) is 0 Å². The van der Waals surface area contributed by atoms with E-state index in [2.05, 4.69) is 5.10 Å². The monoisotopic (exact) mass is 309 g/mol. The summed E-state index contributed by atoms with van der Waals surface area (Å²) >= 11 is 0. The van der Waals surface area contributed by atoms with Gasteiger partial charge in [-0.3, -0.25) is 16.0 Å². The number of hydrogen-bond donors (Lipinski definition) is 1. The molecule has 1 heterocycles. The highest BCUT2D eigenvalue weighted by atomic mass is 35.5. The number of rotatable bonds is 4. The molecule has 0 amide bonds. The van der Waals surface area contributed by atoms with Crippen LogP contribution >= 0.6 is 0 Å². The molecule has 8 heteroatoms. The topological polar surface area (TPSA) is 90.3 Å². The molecule has 0 aliphatic heterocycles. The van der Waals surface area contributed by atoms with Crippen molar-refractivity contribution in [3.63, 3.8) is 0 Å². The molecule has 2 N–H and O–H groups in total. The summed E-state index contributed by atoms with van der Waals surface area (Å²) in [6.45, 7) is 3.84. The molecule has 112 valence electrons. The highest BCUT2D eigenvalue weighted by Crippen LogP contribution is 2.12. The minimum absolute atomic E-state index is 0. The second kappa shape index (κ2) is 6.85. The Labute approximate surface area is 128 Å². The van der Waals surface area contributed by atoms with Gasteiger partial charge < -0.3 is 12.4 Å². The second-order valence-electron chi connectivity index (χ2n) is 4.31. The summed E-state index contributed by atoms with van der Waals surface area (Å²) in [5.74, 6) is 6.64. The minimum Gasteiger partial charge on any atom is -1.00 e. The number of nitrogens with two attached hydrogens (primary N) is 1. The van der Waals surface area contributed by atoms with Gasteiger partial charge >= 0.3 is 5.82 Å². The van der Waals surface area contributed by atoms with Gasteiger partial charge in [-0.15, -0.1) is 9.35 Å². The van der Waals surface area contributed by atoms with Gasteiger partial charge in [-0.2, -0.15) is 0 Å². The fourth-order valence-corrected chi connectivity index (χ4v) is 1.90. The van der Waals surface area contributed by atoms with Crippen molar-refractivity contribution in [1.29, 1.82) is 0 Å². The van der Waals surface area contributed by atoms with Gasteiger partial charge in [0.05, 0.1) is 17.1 Å². The number of aromatic nitrogens is 2. The van der Waals surface area contributed by atoms with Gasteiger partial charge in [0.1, 0.15) is 0 Å². The number of benzene rings is 1. The first kappa shape index (κ1) is 16.6. The van der Waals surface area contributed by atoms with Crippen LogP contribution in [0.3, 0.4) is 0 Å². The SMILES string of the molecule is CCc1n(/N=C(\C)c2ccc([N+](=O)[O-])cc2)cc[n+]1N.[Cl-]. The molecule has 21 heavy (non-hydrogen) atoms. The smallest absolute Gasteiger partial charge is 0.304 e. The van der Waals surface area contributed by atoms with Gasteiger partial charge in [-0.05, 0) is 24.6 Å². The van der Waals surface area contributed by atoms with Gasteiger partial charge in [0.2, 0.25) is 0 Å². The third-order valence-electron chi connectivity index (χ3n) is 3.00. The molecular formula is C13H16ClN5O2. The summed E-state index contributed by atoms with van der Waals surface area (Å²) in [4.78, 5) is 10.2. The molecule has 0 unspecified atom stereocenters. The van der Waals surface area contributed by atoms with Crippen molar-refractivity contribution in [1.82, 2.24) is 4.68 Å². The Kier molecular flexibility index (Phi) is 5.43. The van der Waals surface area contributed by atoms with Crippen LogP contribution in [0.2, 0.25) is 0 Å². The summed E-state index contributed by atoms with van der Waals surface area (Å²) < 4.78 is 3.23. The highest BCUT2D eigenvalue weighted by Gasteiger charge is 2.13. The van der Waals surface area contributed by atoms with Gasteiger partial charge in [0.15, 0.2) is 12.4 Å². The van der Waals surface area contributed by atoms with Crippen LogP contribution in [-0.4, -0.2) is 15.3 Å². The van der Waals surface area contributed by atoms with E-state index >= 15 is 0 Å². The summed E-state index contributed by atoms with van der Waals surface area (Å²) in [7, 11) is 0. The Morgan fingerprint density at radius 2 is 2.05 bits per heavy atom. The first-order valence-corrected chi connectivity index (χ1v) is 6.20. The fraction of sp³-hybridized carbons (Fsp3) is 0.231. The first-order valence-electron chi connectivity index (χ1n) is 6.20. The zero-order valence-corrected chi connectivity index (χ0v) is 12.5. The molecule has 0 saturated heterocycles. The van der Waals surface area contributed by atoms with Crippen LogP contribution in [0.1, 0.15) is 25.2 Å². The van der Waals surface area contributed by atoms with Crippen LogP contribution in [-0.2, 0) is 6.42 Å². The largest absolute Gasteiger partial charge is 1.00 e. The Hall–Kier alpha value is -2.41. The van der Waals surface area contributed by atoms with Gasteiger partial charge in [-0.25, -0.2) is 0 Å². The Bertz CT molecular complexity index is 664. The quantitative estimate of drug-likeness (QED) is 0.238. The zero-order chi connectivity index (χ0) is 14.7. The molecule has 0 spiro atoms. The molecule has 0 fully saturated rings. The average Bonchev–Trinajstić information content (AvgIpc) is 2.79. The summed E-state index contributed by atoms with van der Waals surface area (Å²) in [6.07, 6.45) is 4.25. The lowest BCUT2D eigenvalue weighted by Crippen LogP contribution is -3.00. The summed E-state index contributed by atoms with van der Waals surface area (Å²) in [6, 6.07) is 6.30. The van der Waals surface area contributed by atoms with Crippen molar-refractivity contribution in [2.45, 2.75) is 20.3 Å². The summed E-state index contributed by atoms with van der Waals surface area (Å²) in [5.41, 5.74) is 1.65. The lowest BCUT2D eigenvalue weighted by molar-refractivity contribution is -0.646. The average molecular weight is 310 g/mol. The number of halogens is 1. The predicted molar refractivity (Wildman–Crippen MR) is 74.9 cm³/mol. The van der Waals surface area contributed by atoms with Crippen LogP contribution in [0.15, 0.2) is 41.8 Å². The molecule has 0 aliphatic rings. The predicted octanol–water partition coefficient (Wildman–Crippen LogP) is -1.76. The number of hydrogen-bond acceptors (Lipinski definition) is 4. The van der Waals surface area contributed by atoms with Gasteiger partial charge in [-0.1, -0.05) is 12.0 Å². The lowest BCUT2D eigenvalue weighted by Gasteiger charge is -1.99. The van der Waals surface area contributed by atoms with E-state index in [1.54, 1.807) is 29.2 Å². The molecule has 0 atom stereocenters. The number of nitro groups is 1. The molecule has 0 bridgehead atoms. The van der Waals surface area contributed by atoms with E-state index in [4.69, 9.17) is 5.84 Å². The highest BCUT2D eigenvalue weighted by molar-refractivity contribution is 5.98. The Balaban J connectivity index is 0.00000220. The summed E-state index contributed by atoms with van der Waals surface area (Å²) in [5, 5.41) is 15.1. The maximum Gasteiger partial charge on any atom is 0.304 e. The molecule has 1 aromatic carbocycles. The van der Waals surface area contributed by atoms with E-state index in [1.807, 2.05) is 13.8 Å². The van der Waals surface area contributed by atoms with Crippen molar-refractivity contribution < 1.29 is 22.0 Å². The molecule has 2 rings (SSSR count). The molecule has 0 radical (unpaired) electrons. The molecule has 7 nitrogen and oxygen atoms in total. The number of nitrogen functional groups attached to an aromatic ring is 1. The molecule has 0 saturated carbocycles. The molecule has 2 aromatic rings. The van der Waals surface area contributed by atoms with Crippen molar-refractivity contribution >= 4 is 11.4 Å². The van der Waals surface area contributed by atoms with Crippen LogP contribution in [0.4, 0.5) is 5.69 Å². The van der Waals surface area contributed by atoms with Crippen LogP contribution < -0.4 is 22.9 Å².